The molecule has 0 saturated heterocycles. The van der Waals surface area contributed by atoms with Crippen molar-refractivity contribution in [3.63, 3.8) is 0 Å². The van der Waals surface area contributed by atoms with Crippen molar-refractivity contribution in [2.24, 2.45) is 0 Å². The SMILES string of the molecule is C[C@@H](NC(=O)C[n+]1cccc(-c2ccccc2)c1)c1ccc(Cl)cc1. The number of hydrogen-bond acceptors (Lipinski definition) is 1. The molecule has 4 heteroatoms. The van der Waals surface area contributed by atoms with Gasteiger partial charge in [-0.05, 0) is 36.2 Å². The fraction of sp³-hybridized carbons (Fsp3) is 0.143. The van der Waals surface area contributed by atoms with Gasteiger partial charge < -0.3 is 5.32 Å². The van der Waals surface area contributed by atoms with Gasteiger partial charge in [0.15, 0.2) is 12.4 Å². The molecule has 1 aromatic heterocycles. The van der Waals surface area contributed by atoms with E-state index in [1.165, 1.54) is 0 Å². The third-order valence-electron chi connectivity index (χ3n) is 4.04. The van der Waals surface area contributed by atoms with Crippen LogP contribution < -0.4 is 9.88 Å². The van der Waals surface area contributed by atoms with Crippen LogP contribution in [0.25, 0.3) is 11.1 Å². The first-order chi connectivity index (χ1) is 12.1. The van der Waals surface area contributed by atoms with E-state index >= 15 is 0 Å². The quantitative estimate of drug-likeness (QED) is 0.687. The van der Waals surface area contributed by atoms with Crippen LogP contribution in [-0.4, -0.2) is 5.91 Å². The van der Waals surface area contributed by atoms with E-state index in [9.17, 15) is 4.79 Å². The molecule has 0 radical (unpaired) electrons. The van der Waals surface area contributed by atoms with Crippen LogP contribution in [0.1, 0.15) is 18.5 Å². The van der Waals surface area contributed by atoms with Crippen LogP contribution in [0.2, 0.25) is 5.02 Å². The van der Waals surface area contributed by atoms with Gasteiger partial charge in [0.05, 0.1) is 6.04 Å². The summed E-state index contributed by atoms with van der Waals surface area (Å²) in [5, 5.41) is 3.71. The summed E-state index contributed by atoms with van der Waals surface area (Å²) in [5.74, 6) is -0.0299. The maximum atomic E-state index is 12.4. The monoisotopic (exact) mass is 351 g/mol. The van der Waals surface area contributed by atoms with Gasteiger partial charge in [-0.25, -0.2) is 0 Å². The van der Waals surface area contributed by atoms with E-state index in [4.69, 9.17) is 11.6 Å². The minimum Gasteiger partial charge on any atom is -0.344 e. The normalized spacial score (nSPS) is 11.8. The number of pyridine rings is 1. The molecule has 0 aliphatic carbocycles. The second kappa shape index (κ2) is 7.95. The van der Waals surface area contributed by atoms with Crippen molar-refractivity contribution in [1.82, 2.24) is 5.32 Å². The van der Waals surface area contributed by atoms with Crippen molar-refractivity contribution in [2.75, 3.05) is 0 Å². The minimum atomic E-state index is -0.0670. The van der Waals surface area contributed by atoms with Crippen LogP contribution >= 0.6 is 11.6 Å². The van der Waals surface area contributed by atoms with Gasteiger partial charge in [0.1, 0.15) is 0 Å². The van der Waals surface area contributed by atoms with Crippen LogP contribution in [0.4, 0.5) is 0 Å². The lowest BCUT2D eigenvalue weighted by atomic mass is 10.1. The van der Waals surface area contributed by atoms with Crippen molar-refractivity contribution < 1.29 is 9.36 Å². The van der Waals surface area contributed by atoms with Crippen molar-refractivity contribution in [3.8, 4) is 11.1 Å². The highest BCUT2D eigenvalue weighted by Crippen LogP contribution is 2.17. The lowest BCUT2D eigenvalue weighted by Gasteiger charge is -2.13. The molecule has 0 spiro atoms. The number of amides is 1. The van der Waals surface area contributed by atoms with Gasteiger partial charge in [0.25, 0.3) is 5.91 Å². The Hall–Kier alpha value is -2.65. The summed E-state index contributed by atoms with van der Waals surface area (Å²) in [6, 6.07) is 21.6. The maximum absolute atomic E-state index is 12.4. The average molecular weight is 352 g/mol. The number of hydrogen-bond donors (Lipinski definition) is 1. The van der Waals surface area contributed by atoms with Gasteiger partial charge in [0, 0.05) is 16.7 Å². The Morgan fingerprint density at radius 1 is 1.00 bits per heavy atom. The number of aromatic nitrogens is 1. The van der Waals surface area contributed by atoms with E-state index in [1.807, 2.05) is 78.5 Å². The summed E-state index contributed by atoms with van der Waals surface area (Å²) >= 11 is 5.90. The van der Waals surface area contributed by atoms with Gasteiger partial charge in [-0.3, -0.25) is 4.79 Å². The zero-order valence-corrected chi connectivity index (χ0v) is 14.8. The van der Waals surface area contributed by atoms with Crippen LogP contribution in [0.15, 0.2) is 79.1 Å². The third kappa shape index (κ3) is 4.68. The van der Waals surface area contributed by atoms with Crippen molar-refractivity contribution in [3.05, 3.63) is 89.7 Å². The van der Waals surface area contributed by atoms with Crippen LogP contribution in [0.3, 0.4) is 0 Å². The summed E-state index contributed by atoms with van der Waals surface area (Å²) in [7, 11) is 0. The summed E-state index contributed by atoms with van der Waals surface area (Å²) in [6.07, 6.45) is 3.89. The number of benzene rings is 2. The number of nitrogens with one attached hydrogen (secondary N) is 1. The molecule has 3 nitrogen and oxygen atoms in total. The smallest absolute Gasteiger partial charge is 0.286 e. The molecule has 2 aromatic carbocycles. The first kappa shape index (κ1) is 17.2. The van der Waals surface area contributed by atoms with Gasteiger partial charge >= 0.3 is 0 Å². The van der Waals surface area contributed by atoms with Crippen LogP contribution in [-0.2, 0) is 11.3 Å². The molecule has 0 unspecified atom stereocenters. The highest BCUT2D eigenvalue weighted by atomic mass is 35.5. The summed E-state index contributed by atoms with van der Waals surface area (Å²) in [4.78, 5) is 12.4. The number of halogens is 1. The molecule has 1 atom stereocenters. The Kier molecular flexibility index (Phi) is 5.46. The average Bonchev–Trinajstić information content (AvgIpc) is 2.63. The first-order valence-electron chi connectivity index (χ1n) is 8.21. The van der Waals surface area contributed by atoms with Gasteiger partial charge in [-0.2, -0.15) is 4.57 Å². The van der Waals surface area contributed by atoms with Gasteiger partial charge in [-0.1, -0.05) is 54.1 Å². The summed E-state index contributed by atoms with van der Waals surface area (Å²) in [5.41, 5.74) is 3.24. The maximum Gasteiger partial charge on any atom is 0.286 e. The molecule has 25 heavy (non-hydrogen) atoms. The second-order valence-corrected chi connectivity index (χ2v) is 6.41. The molecule has 3 aromatic rings. The topological polar surface area (TPSA) is 33.0 Å². The Balaban J connectivity index is 1.66. The largest absolute Gasteiger partial charge is 0.344 e. The summed E-state index contributed by atoms with van der Waals surface area (Å²) in [6.45, 7) is 2.24. The van der Waals surface area contributed by atoms with Gasteiger partial charge in [-0.15, -0.1) is 0 Å². The van der Waals surface area contributed by atoms with Crippen molar-refractivity contribution in [1.29, 1.82) is 0 Å². The number of carbonyl (C=O) groups excluding carboxylic acids is 1. The second-order valence-electron chi connectivity index (χ2n) is 5.97. The zero-order chi connectivity index (χ0) is 17.6. The van der Waals surface area contributed by atoms with Crippen LogP contribution in [0.5, 0.6) is 0 Å². The lowest BCUT2D eigenvalue weighted by Crippen LogP contribution is -2.43. The highest BCUT2D eigenvalue weighted by molar-refractivity contribution is 6.30. The number of nitrogens with zero attached hydrogens (tertiary/aromatic N) is 1. The van der Waals surface area contributed by atoms with Crippen molar-refractivity contribution >= 4 is 17.5 Å². The molecule has 0 aliphatic heterocycles. The Bertz CT molecular complexity index is 847. The molecule has 1 heterocycles. The zero-order valence-electron chi connectivity index (χ0n) is 14.0. The fourth-order valence-electron chi connectivity index (χ4n) is 2.71. The van der Waals surface area contributed by atoms with Gasteiger partial charge in [0.2, 0.25) is 6.54 Å². The molecule has 1 amide bonds. The van der Waals surface area contributed by atoms with E-state index in [0.29, 0.717) is 5.02 Å². The Labute approximate surface area is 152 Å². The number of rotatable bonds is 5. The van der Waals surface area contributed by atoms with E-state index in [-0.39, 0.29) is 18.5 Å². The molecule has 0 aliphatic rings. The Morgan fingerprint density at radius 3 is 2.40 bits per heavy atom. The molecular weight excluding hydrogens is 332 g/mol. The van der Waals surface area contributed by atoms with Crippen molar-refractivity contribution in [2.45, 2.75) is 19.5 Å². The standard InChI is InChI=1S/C21H19ClN2O/c1-16(17-9-11-20(22)12-10-17)23-21(25)15-24-13-5-8-19(14-24)18-6-3-2-4-7-18/h2-14,16H,15H2,1H3/p+1/t16-/m1/s1. The molecule has 3 rings (SSSR count). The van der Waals surface area contributed by atoms with E-state index < -0.39 is 0 Å². The fourth-order valence-corrected chi connectivity index (χ4v) is 2.84. The lowest BCUT2D eigenvalue weighted by molar-refractivity contribution is -0.684. The molecule has 1 N–H and O–H groups in total. The van der Waals surface area contributed by atoms with E-state index in [0.717, 1.165) is 16.7 Å². The molecular formula is C21H20ClN2O+. The van der Waals surface area contributed by atoms with E-state index in [2.05, 4.69) is 17.4 Å². The summed E-state index contributed by atoms with van der Waals surface area (Å²) < 4.78 is 1.90. The molecule has 126 valence electrons. The minimum absolute atomic E-state index is 0.0299. The third-order valence-corrected chi connectivity index (χ3v) is 4.29. The predicted molar refractivity (Wildman–Crippen MR) is 100 cm³/mol. The predicted octanol–water partition coefficient (Wildman–Crippen LogP) is 4.17. The van der Waals surface area contributed by atoms with E-state index in [1.54, 1.807) is 0 Å². The molecule has 0 saturated carbocycles. The van der Waals surface area contributed by atoms with Crippen LogP contribution in [0, 0.1) is 0 Å². The highest BCUT2D eigenvalue weighted by Gasteiger charge is 2.14. The molecule has 0 fully saturated rings. The Morgan fingerprint density at radius 2 is 1.68 bits per heavy atom. The molecule has 0 bridgehead atoms. The number of carbonyl (C=O) groups is 1. The first-order valence-corrected chi connectivity index (χ1v) is 8.59.